The number of hydrogen-bond donors (Lipinski definition) is 0. The van der Waals surface area contributed by atoms with Crippen LogP contribution in [-0.4, -0.2) is 35.6 Å². The molecule has 0 aliphatic carbocycles. The summed E-state index contributed by atoms with van der Waals surface area (Å²) >= 11 is 0.165. The van der Waals surface area contributed by atoms with Gasteiger partial charge in [-0.05, 0) is 0 Å². The van der Waals surface area contributed by atoms with Crippen LogP contribution in [0.2, 0.25) is 24.0 Å². The van der Waals surface area contributed by atoms with Gasteiger partial charge < -0.3 is 0 Å². The quantitative estimate of drug-likeness (QED) is 0.624. The SMILES string of the molecule is CC1([Se]c2ccc([Si](C)(C)C)cc2)CCOC1=O. The third kappa shape index (κ3) is 2.87. The Kier molecular flexibility index (Phi) is 3.72. The topological polar surface area (TPSA) is 26.3 Å². The molecule has 1 fully saturated rings. The van der Waals surface area contributed by atoms with Gasteiger partial charge in [0.15, 0.2) is 0 Å². The van der Waals surface area contributed by atoms with E-state index in [9.17, 15) is 4.79 Å². The first-order valence-corrected chi connectivity index (χ1v) is 11.5. The molecule has 2 nitrogen and oxygen atoms in total. The fourth-order valence-corrected chi connectivity index (χ4v) is 5.49. The van der Waals surface area contributed by atoms with E-state index < -0.39 is 8.07 Å². The second-order valence-corrected chi connectivity index (χ2v) is 14.4. The molecule has 1 unspecified atom stereocenters. The fourth-order valence-electron chi connectivity index (χ4n) is 1.97. The van der Waals surface area contributed by atoms with Crippen molar-refractivity contribution in [2.75, 3.05) is 6.61 Å². The molecule has 1 aromatic rings. The molecule has 0 amide bonds. The Morgan fingerprint density at radius 1 is 1.22 bits per heavy atom. The van der Waals surface area contributed by atoms with Crippen molar-refractivity contribution >= 4 is 38.6 Å². The summed E-state index contributed by atoms with van der Waals surface area (Å²) < 4.78 is 6.14. The molecule has 0 spiro atoms. The van der Waals surface area contributed by atoms with Crippen LogP contribution in [0.4, 0.5) is 0 Å². The summed E-state index contributed by atoms with van der Waals surface area (Å²) in [6.45, 7) is 9.67. The molecule has 1 heterocycles. The van der Waals surface area contributed by atoms with Gasteiger partial charge in [-0.25, -0.2) is 0 Å². The number of benzene rings is 1. The van der Waals surface area contributed by atoms with Crippen LogP contribution in [0.3, 0.4) is 0 Å². The summed E-state index contributed by atoms with van der Waals surface area (Å²) in [7, 11) is -1.22. The predicted molar refractivity (Wildman–Crippen MR) is 78.8 cm³/mol. The Hall–Kier alpha value is -0.574. The van der Waals surface area contributed by atoms with E-state index in [0.29, 0.717) is 6.61 Å². The summed E-state index contributed by atoms with van der Waals surface area (Å²) in [6.07, 6.45) is 0.863. The second-order valence-electron chi connectivity index (χ2n) is 5.99. The van der Waals surface area contributed by atoms with Crippen LogP contribution in [-0.2, 0) is 9.53 Å². The summed E-state index contributed by atoms with van der Waals surface area (Å²) in [4.78, 5) is 11.7. The van der Waals surface area contributed by atoms with Gasteiger partial charge in [0.05, 0.1) is 0 Å². The molecule has 0 radical (unpaired) electrons. The van der Waals surface area contributed by atoms with Crippen LogP contribution in [0.15, 0.2) is 24.3 Å². The predicted octanol–water partition coefficient (Wildman–Crippen LogP) is 1.69. The van der Waals surface area contributed by atoms with Gasteiger partial charge in [0.25, 0.3) is 0 Å². The number of ether oxygens (including phenoxy) is 1. The zero-order valence-electron chi connectivity index (χ0n) is 11.4. The van der Waals surface area contributed by atoms with Crippen molar-refractivity contribution in [3.05, 3.63) is 24.3 Å². The monoisotopic (exact) mass is 328 g/mol. The first-order chi connectivity index (χ1) is 8.31. The molecule has 0 N–H and O–H groups in total. The Morgan fingerprint density at radius 2 is 1.83 bits per heavy atom. The normalized spacial score (nSPS) is 24.1. The van der Waals surface area contributed by atoms with Gasteiger partial charge in [-0.15, -0.1) is 0 Å². The number of esters is 1. The summed E-state index contributed by atoms with van der Waals surface area (Å²) in [5.74, 6) is -0.0169. The van der Waals surface area contributed by atoms with Crippen molar-refractivity contribution in [1.29, 1.82) is 0 Å². The first kappa shape index (κ1) is 13.8. The Balaban J connectivity index is 2.14. The van der Waals surface area contributed by atoms with E-state index >= 15 is 0 Å². The van der Waals surface area contributed by atoms with Gasteiger partial charge in [-0.2, -0.15) is 0 Å². The number of cyclic esters (lactones) is 1. The molecule has 18 heavy (non-hydrogen) atoms. The minimum atomic E-state index is -1.22. The molecule has 98 valence electrons. The molecule has 1 saturated heterocycles. The van der Waals surface area contributed by atoms with Crippen LogP contribution in [0, 0.1) is 0 Å². The van der Waals surface area contributed by atoms with Crippen molar-refractivity contribution in [3.63, 3.8) is 0 Å². The number of hydrogen-bond acceptors (Lipinski definition) is 2. The molecular formula is C14H20O2SeSi. The van der Waals surface area contributed by atoms with Crippen LogP contribution in [0.25, 0.3) is 0 Å². The van der Waals surface area contributed by atoms with Crippen molar-refractivity contribution in [2.45, 2.75) is 37.3 Å². The Morgan fingerprint density at radius 3 is 2.28 bits per heavy atom. The van der Waals surface area contributed by atoms with E-state index in [4.69, 9.17) is 4.74 Å². The minimum absolute atomic E-state index is 0.0169. The summed E-state index contributed by atoms with van der Waals surface area (Å²) in [5, 5.41) is 1.47. The van der Waals surface area contributed by atoms with Crippen molar-refractivity contribution in [2.24, 2.45) is 0 Å². The van der Waals surface area contributed by atoms with Crippen molar-refractivity contribution in [1.82, 2.24) is 0 Å². The molecule has 1 aromatic carbocycles. The van der Waals surface area contributed by atoms with Gasteiger partial charge in [0.2, 0.25) is 0 Å². The van der Waals surface area contributed by atoms with Crippen LogP contribution < -0.4 is 9.65 Å². The third-order valence-corrected chi connectivity index (χ3v) is 8.16. The molecule has 0 bridgehead atoms. The van der Waals surface area contributed by atoms with Crippen LogP contribution >= 0.6 is 0 Å². The molecule has 1 aliphatic rings. The van der Waals surface area contributed by atoms with Gasteiger partial charge >= 0.3 is 116 Å². The molecule has 4 heteroatoms. The second kappa shape index (κ2) is 4.84. The Labute approximate surface area is 116 Å². The standard InChI is InChI=1S/C14H20O2SeSi/c1-14(9-10-16-13(14)15)17-11-5-7-12(8-6-11)18(2,3)4/h5-8H,9-10H2,1-4H3. The molecule has 0 saturated carbocycles. The van der Waals surface area contributed by atoms with E-state index in [-0.39, 0.29) is 25.2 Å². The van der Waals surface area contributed by atoms with Gasteiger partial charge in [0, 0.05) is 0 Å². The zero-order valence-corrected chi connectivity index (χ0v) is 14.2. The van der Waals surface area contributed by atoms with Gasteiger partial charge in [0.1, 0.15) is 0 Å². The molecule has 2 rings (SSSR count). The summed E-state index contributed by atoms with van der Waals surface area (Å²) in [5.41, 5.74) is 0. The Bertz CT molecular complexity index is 450. The first-order valence-electron chi connectivity index (χ1n) is 6.28. The van der Waals surface area contributed by atoms with Crippen molar-refractivity contribution in [3.8, 4) is 0 Å². The van der Waals surface area contributed by atoms with Gasteiger partial charge in [-0.1, -0.05) is 0 Å². The molecule has 1 atom stereocenters. The molecule has 1 aliphatic heterocycles. The third-order valence-electron chi connectivity index (χ3n) is 3.31. The molecular weight excluding hydrogens is 307 g/mol. The van der Waals surface area contributed by atoms with E-state index in [1.165, 1.54) is 9.65 Å². The van der Waals surface area contributed by atoms with Crippen LogP contribution in [0.1, 0.15) is 13.3 Å². The van der Waals surface area contributed by atoms with Crippen LogP contribution in [0.5, 0.6) is 0 Å². The average molecular weight is 327 g/mol. The number of rotatable bonds is 3. The van der Waals surface area contributed by atoms with E-state index in [0.717, 1.165) is 6.42 Å². The maximum atomic E-state index is 11.7. The summed E-state index contributed by atoms with van der Waals surface area (Å²) in [6, 6.07) is 8.88. The average Bonchev–Trinajstić information content (AvgIpc) is 2.58. The maximum absolute atomic E-state index is 11.7. The van der Waals surface area contributed by atoms with E-state index in [1.54, 1.807) is 0 Å². The van der Waals surface area contributed by atoms with E-state index in [2.05, 4.69) is 43.9 Å². The zero-order chi connectivity index (χ0) is 13.4. The number of carbonyl (C=O) groups excluding carboxylic acids is 1. The van der Waals surface area contributed by atoms with Crippen molar-refractivity contribution < 1.29 is 9.53 Å². The van der Waals surface area contributed by atoms with Gasteiger partial charge in [-0.3, -0.25) is 0 Å². The molecule has 0 aromatic heterocycles. The number of carbonyl (C=O) groups is 1. The van der Waals surface area contributed by atoms with E-state index in [1.807, 2.05) is 6.92 Å². The fraction of sp³-hybridized carbons (Fsp3) is 0.500.